The van der Waals surface area contributed by atoms with Crippen molar-refractivity contribution in [1.29, 1.82) is 0 Å². The highest BCUT2D eigenvalue weighted by molar-refractivity contribution is 5.36. The Hall–Kier alpha value is -2.12. The smallest absolute Gasteiger partial charge is 0.0972 e. The van der Waals surface area contributed by atoms with Gasteiger partial charge in [-0.15, -0.1) is 6.58 Å². The summed E-state index contributed by atoms with van der Waals surface area (Å²) in [7, 11) is 0. The maximum Gasteiger partial charge on any atom is 0.0972 e. The van der Waals surface area contributed by atoms with Crippen LogP contribution in [0.1, 0.15) is 24.2 Å². The highest BCUT2D eigenvalue weighted by Gasteiger charge is 2.19. The zero-order valence-corrected chi connectivity index (χ0v) is 11.7. The third-order valence-electron chi connectivity index (χ3n) is 3.59. The number of hydrogen-bond donors (Lipinski definition) is 1. The summed E-state index contributed by atoms with van der Waals surface area (Å²) >= 11 is 0. The van der Waals surface area contributed by atoms with Gasteiger partial charge in [0, 0.05) is 5.41 Å². The monoisotopic (exact) mass is 264 g/mol. The minimum atomic E-state index is -0.598. The number of benzene rings is 2. The molecule has 0 aromatic heterocycles. The third kappa shape index (κ3) is 3.25. The molecule has 1 nitrogen and oxygen atoms in total. The molecule has 0 spiro atoms. The van der Waals surface area contributed by atoms with Crippen LogP contribution in [0.2, 0.25) is 0 Å². The van der Waals surface area contributed by atoms with Crippen LogP contribution in [0.4, 0.5) is 0 Å². The van der Waals surface area contributed by atoms with Crippen molar-refractivity contribution in [2.75, 3.05) is 0 Å². The molecule has 0 aliphatic rings. The Morgan fingerprint density at radius 1 is 1.00 bits per heavy atom. The zero-order valence-electron chi connectivity index (χ0n) is 11.7. The van der Waals surface area contributed by atoms with Crippen molar-refractivity contribution >= 4 is 0 Å². The highest BCUT2D eigenvalue weighted by atomic mass is 16.3. The van der Waals surface area contributed by atoms with Gasteiger partial charge in [-0.25, -0.2) is 0 Å². The maximum absolute atomic E-state index is 10.2. The van der Waals surface area contributed by atoms with Crippen molar-refractivity contribution < 1.29 is 5.11 Å². The molecule has 2 aromatic carbocycles. The molecule has 102 valence electrons. The maximum atomic E-state index is 10.2. The molecule has 2 rings (SSSR count). The first-order valence-corrected chi connectivity index (χ1v) is 6.77. The second kappa shape index (κ2) is 6.36. The number of rotatable bonds is 5. The number of aliphatic hydroxyl groups is 1. The van der Waals surface area contributed by atoms with Crippen molar-refractivity contribution in [3.8, 4) is 0 Å². The number of allylic oxidation sites excluding steroid dienone is 2. The van der Waals surface area contributed by atoms with Gasteiger partial charge in [0.25, 0.3) is 0 Å². The molecule has 2 aromatic rings. The highest BCUT2D eigenvalue weighted by Crippen LogP contribution is 2.28. The lowest BCUT2D eigenvalue weighted by Crippen LogP contribution is -2.15. The van der Waals surface area contributed by atoms with E-state index in [-0.39, 0.29) is 5.41 Å². The molecule has 0 amide bonds. The van der Waals surface area contributed by atoms with Crippen molar-refractivity contribution in [3.05, 3.63) is 96.6 Å². The summed E-state index contributed by atoms with van der Waals surface area (Å²) in [6.45, 7) is 6.01. The van der Waals surface area contributed by atoms with E-state index in [9.17, 15) is 5.11 Å². The van der Waals surface area contributed by atoms with Gasteiger partial charge >= 0.3 is 0 Å². The summed E-state index contributed by atoms with van der Waals surface area (Å²) in [4.78, 5) is 0. The number of hydrogen-bond acceptors (Lipinski definition) is 1. The van der Waals surface area contributed by atoms with E-state index in [4.69, 9.17) is 0 Å². The van der Waals surface area contributed by atoms with Crippen LogP contribution in [0.3, 0.4) is 0 Å². The summed E-state index contributed by atoms with van der Waals surface area (Å²) in [6.07, 6.45) is 5.13. The Morgan fingerprint density at radius 3 is 2.10 bits per heavy atom. The van der Waals surface area contributed by atoms with Crippen LogP contribution >= 0.6 is 0 Å². The van der Waals surface area contributed by atoms with Crippen molar-refractivity contribution in [3.63, 3.8) is 0 Å². The van der Waals surface area contributed by atoms with Crippen molar-refractivity contribution in [1.82, 2.24) is 0 Å². The van der Waals surface area contributed by atoms with Gasteiger partial charge in [0.2, 0.25) is 0 Å². The Bertz CT molecular complexity index is 571. The van der Waals surface area contributed by atoms with Crippen LogP contribution in [0.5, 0.6) is 0 Å². The normalized spacial score (nSPS) is 15.7. The fourth-order valence-electron chi connectivity index (χ4n) is 2.13. The van der Waals surface area contributed by atoms with E-state index in [1.54, 1.807) is 0 Å². The predicted molar refractivity (Wildman–Crippen MR) is 84.5 cm³/mol. The molecule has 20 heavy (non-hydrogen) atoms. The molecule has 0 aliphatic heterocycles. The van der Waals surface area contributed by atoms with Gasteiger partial charge in [0.1, 0.15) is 0 Å². The summed E-state index contributed by atoms with van der Waals surface area (Å²) < 4.78 is 0. The van der Waals surface area contributed by atoms with Crippen LogP contribution in [-0.4, -0.2) is 5.11 Å². The van der Waals surface area contributed by atoms with Gasteiger partial charge < -0.3 is 5.11 Å². The van der Waals surface area contributed by atoms with Crippen molar-refractivity contribution in [2.24, 2.45) is 0 Å². The van der Waals surface area contributed by atoms with Gasteiger partial charge in [0.05, 0.1) is 6.10 Å². The van der Waals surface area contributed by atoms with E-state index in [1.165, 1.54) is 0 Å². The first-order valence-electron chi connectivity index (χ1n) is 6.77. The first-order chi connectivity index (χ1) is 9.65. The van der Waals surface area contributed by atoms with Gasteiger partial charge in [0.15, 0.2) is 0 Å². The molecule has 0 unspecified atom stereocenters. The van der Waals surface area contributed by atoms with Gasteiger partial charge in [-0.2, -0.15) is 0 Å². The lowest BCUT2D eigenvalue weighted by molar-refractivity contribution is 0.228. The summed E-state index contributed by atoms with van der Waals surface area (Å²) in [5, 5.41) is 10.2. The number of aliphatic hydroxyl groups excluding tert-OH is 1. The molecule has 0 bridgehead atoms. The summed E-state index contributed by atoms with van der Waals surface area (Å²) in [5.41, 5.74) is 1.77. The average molecular weight is 264 g/mol. The van der Waals surface area contributed by atoms with Gasteiger partial charge in [-0.3, -0.25) is 0 Å². The van der Waals surface area contributed by atoms with Crippen LogP contribution < -0.4 is 0 Å². The van der Waals surface area contributed by atoms with E-state index in [2.05, 4.69) is 25.6 Å². The Balaban J connectivity index is 2.22. The Morgan fingerprint density at radius 2 is 1.55 bits per heavy atom. The summed E-state index contributed by atoms with van der Waals surface area (Å²) in [5.74, 6) is 0. The topological polar surface area (TPSA) is 20.2 Å². The molecule has 0 heterocycles. The third-order valence-corrected chi connectivity index (χ3v) is 3.59. The second-order valence-corrected chi connectivity index (χ2v) is 5.07. The molecule has 1 heteroatoms. The van der Waals surface area contributed by atoms with E-state index >= 15 is 0 Å². The minimum absolute atomic E-state index is 0.281. The quantitative estimate of drug-likeness (QED) is 0.793. The Kier molecular flexibility index (Phi) is 4.54. The summed E-state index contributed by atoms with van der Waals surface area (Å²) in [6, 6.07) is 19.8. The molecule has 2 atom stereocenters. The van der Waals surface area contributed by atoms with E-state index < -0.39 is 6.10 Å². The standard InChI is InChI=1S/C19H20O/c1-3-19(2,17-12-8-5-9-13-17)15-14-18(20)16-10-6-4-7-11-16/h3-15,18,20H,1H2,2H3/t18-,19+/m1/s1. The predicted octanol–water partition coefficient (Wildman–Crippen LogP) is 4.42. The van der Waals surface area contributed by atoms with E-state index in [0.29, 0.717) is 0 Å². The largest absolute Gasteiger partial charge is 0.384 e. The fourth-order valence-corrected chi connectivity index (χ4v) is 2.13. The molecular weight excluding hydrogens is 244 g/mol. The first kappa shape index (κ1) is 14.3. The van der Waals surface area contributed by atoms with Crippen LogP contribution in [0.15, 0.2) is 85.5 Å². The van der Waals surface area contributed by atoms with Crippen LogP contribution in [0.25, 0.3) is 0 Å². The van der Waals surface area contributed by atoms with Gasteiger partial charge in [-0.05, 0) is 18.1 Å². The molecular formula is C19H20O. The molecule has 0 aliphatic carbocycles. The Labute approximate surface area is 120 Å². The van der Waals surface area contributed by atoms with Crippen LogP contribution in [0, 0.1) is 0 Å². The van der Waals surface area contributed by atoms with Crippen molar-refractivity contribution in [2.45, 2.75) is 18.4 Å². The molecule has 1 N–H and O–H groups in total. The molecule has 0 saturated carbocycles. The minimum Gasteiger partial charge on any atom is -0.384 e. The fraction of sp³-hybridized carbons (Fsp3) is 0.158. The van der Waals surface area contributed by atoms with Gasteiger partial charge in [-0.1, -0.05) is 78.9 Å². The van der Waals surface area contributed by atoms with Crippen LogP contribution in [-0.2, 0) is 5.41 Å². The SMILES string of the molecule is C=C[C@@](C)(C=C[C@@H](O)c1ccccc1)c1ccccc1. The lowest BCUT2D eigenvalue weighted by atomic mass is 9.82. The zero-order chi connectivity index (χ0) is 14.4. The second-order valence-electron chi connectivity index (χ2n) is 5.07. The average Bonchev–Trinajstić information content (AvgIpc) is 2.54. The lowest BCUT2D eigenvalue weighted by Gasteiger charge is -2.22. The molecule has 0 fully saturated rings. The molecule has 0 radical (unpaired) electrons. The van der Waals surface area contributed by atoms with E-state index in [0.717, 1.165) is 11.1 Å². The molecule has 0 saturated heterocycles. The van der Waals surface area contributed by atoms with E-state index in [1.807, 2.05) is 66.8 Å².